The molecule has 0 aromatic rings. The number of aliphatic hydroxyl groups is 11. The maximum absolute atomic E-state index is 13.5. The monoisotopic (exact) mass is 1140 g/mol. The number of rotatable bonds is 15. The predicted molar refractivity (Wildman–Crippen MR) is 277 cm³/mol. The number of carbonyl (C=O) groups is 3. The summed E-state index contributed by atoms with van der Waals surface area (Å²) in [5.74, 6) is -4.27. The molecule has 80 heavy (non-hydrogen) atoms. The molecule has 4 saturated carbocycles. The van der Waals surface area contributed by atoms with E-state index >= 15 is 0 Å². The van der Waals surface area contributed by atoms with Crippen LogP contribution < -0.4 is 0 Å². The summed E-state index contributed by atoms with van der Waals surface area (Å²) >= 11 is 0. The van der Waals surface area contributed by atoms with Gasteiger partial charge < -0.3 is 99.2 Å². The molecule has 8 rings (SSSR count). The Balaban J connectivity index is 1.13. The number of aliphatic hydroxyl groups excluding tert-OH is 11. The van der Waals surface area contributed by atoms with E-state index in [4.69, 9.17) is 37.9 Å². The highest BCUT2D eigenvalue weighted by molar-refractivity contribution is 5.87. The Morgan fingerprint density at radius 2 is 1.31 bits per heavy atom. The first-order valence-corrected chi connectivity index (χ1v) is 28.5. The van der Waals surface area contributed by atoms with Gasteiger partial charge in [-0.1, -0.05) is 80.0 Å². The van der Waals surface area contributed by atoms with Gasteiger partial charge in [0.2, 0.25) is 0 Å². The lowest BCUT2D eigenvalue weighted by atomic mass is 9.32. The summed E-state index contributed by atoms with van der Waals surface area (Å²) in [5, 5.41) is 135. The van der Waals surface area contributed by atoms with E-state index in [1.165, 1.54) is 0 Å². The summed E-state index contributed by atoms with van der Waals surface area (Å²) in [6, 6.07) is 0. The van der Waals surface area contributed by atoms with E-state index in [1.807, 2.05) is 41.5 Å². The highest BCUT2D eigenvalue weighted by Gasteiger charge is 2.76. The number of allylic oxidation sites excluding steroid dienone is 2. The van der Waals surface area contributed by atoms with Crippen molar-refractivity contribution in [2.45, 2.75) is 238 Å². The number of carboxylic acid groups (broad SMARTS) is 1. The first-order chi connectivity index (χ1) is 37.3. The van der Waals surface area contributed by atoms with Crippen LogP contribution in [0.2, 0.25) is 0 Å². The highest BCUT2D eigenvalue weighted by atomic mass is 16.8. The van der Waals surface area contributed by atoms with Crippen molar-refractivity contribution < 1.29 is 114 Å². The molecule has 456 valence electrons. The summed E-state index contributed by atoms with van der Waals surface area (Å²) in [7, 11) is 0. The Morgan fingerprint density at radius 3 is 1.89 bits per heavy atom. The van der Waals surface area contributed by atoms with E-state index in [9.17, 15) is 75.7 Å². The highest BCUT2D eigenvalue weighted by Crippen LogP contribution is 2.76. The molecule has 0 spiro atoms. The van der Waals surface area contributed by atoms with Gasteiger partial charge in [0.05, 0.1) is 42.9 Å². The maximum Gasteiger partial charge on any atom is 0.335 e. The molecule has 0 radical (unpaired) electrons. The van der Waals surface area contributed by atoms with Crippen molar-refractivity contribution in [3.8, 4) is 0 Å². The van der Waals surface area contributed by atoms with Gasteiger partial charge in [-0.2, -0.15) is 0 Å². The number of hydrogen-bond donors (Lipinski definition) is 12. The van der Waals surface area contributed by atoms with Crippen LogP contribution >= 0.6 is 0 Å². The Kier molecular flexibility index (Phi) is 18.1. The van der Waals surface area contributed by atoms with Crippen molar-refractivity contribution in [1.82, 2.24) is 0 Å². The number of esters is 2. The quantitative estimate of drug-likeness (QED) is 0.0455. The predicted octanol–water partition coefficient (Wildman–Crippen LogP) is 0.343. The molecule has 12 N–H and O–H groups in total. The molecule has 0 amide bonds. The molecule has 0 aromatic carbocycles. The van der Waals surface area contributed by atoms with Crippen LogP contribution in [0.15, 0.2) is 23.3 Å². The van der Waals surface area contributed by atoms with Gasteiger partial charge in [-0.15, -0.1) is 0 Å². The second kappa shape index (κ2) is 22.9. The molecule has 27 atom stereocenters. The Morgan fingerprint density at radius 1 is 0.725 bits per heavy atom. The average molecular weight is 1140 g/mol. The summed E-state index contributed by atoms with van der Waals surface area (Å²) in [6.45, 7) is 19.0. The largest absolute Gasteiger partial charge is 0.479 e. The lowest BCUT2D eigenvalue weighted by molar-refractivity contribution is -0.386. The van der Waals surface area contributed by atoms with Crippen LogP contribution in [0, 0.1) is 56.2 Å². The SMILES string of the molecule is C/C=C(/C)C(=O)O[C@H]1[C@H](O)[C@@]2(COC(=O)C(C)CC)C(CC1(C)C)C1=CCC3[C@@]4(C)CC[C@H](O[C@@H]5OC(C(=O)O)[C@@H](O)C(O[C@@H]6O[C@@H](CO)C(O)[C@@H]6O)[C@@H]5O[C@@H]5OC(CO)[C@H](O)C(O)[C@@H]5O)C(C)(C)C4CC[C@@]3(C)[C@]1(C)[C@@H](O)[C@H]2O. The smallest absolute Gasteiger partial charge is 0.335 e. The maximum atomic E-state index is 13.5. The normalized spacial score (nSPS) is 49.2. The number of aliphatic carboxylic acids is 1. The van der Waals surface area contributed by atoms with Crippen molar-refractivity contribution in [3.05, 3.63) is 23.3 Å². The average Bonchev–Trinajstić information content (AvgIpc) is 1.93. The van der Waals surface area contributed by atoms with Crippen LogP contribution in [0.4, 0.5) is 0 Å². The third kappa shape index (κ3) is 9.93. The summed E-state index contributed by atoms with van der Waals surface area (Å²) in [4.78, 5) is 39.8. The molecular weight excluding hydrogens is 1050 g/mol. The van der Waals surface area contributed by atoms with Crippen LogP contribution in [0.5, 0.6) is 0 Å². The van der Waals surface area contributed by atoms with Crippen molar-refractivity contribution in [3.63, 3.8) is 0 Å². The molecule has 3 heterocycles. The van der Waals surface area contributed by atoms with Crippen LogP contribution in [0.25, 0.3) is 0 Å². The third-order valence-corrected chi connectivity index (χ3v) is 21.6. The molecule has 5 aliphatic carbocycles. The minimum atomic E-state index is -2.12. The lowest BCUT2D eigenvalue weighted by Crippen LogP contribution is -2.76. The van der Waals surface area contributed by atoms with Gasteiger partial charge in [0.15, 0.2) is 25.0 Å². The molecule has 0 bridgehead atoms. The minimum absolute atomic E-state index is 0.146. The molecule has 0 aromatic heterocycles. The van der Waals surface area contributed by atoms with E-state index in [-0.39, 0.29) is 11.8 Å². The Labute approximate surface area is 467 Å². The molecule has 3 saturated heterocycles. The zero-order chi connectivity index (χ0) is 59.3. The molecule has 7 fully saturated rings. The Bertz CT molecular complexity index is 2330. The third-order valence-electron chi connectivity index (χ3n) is 21.6. The van der Waals surface area contributed by atoms with Crippen LogP contribution in [-0.2, 0) is 52.3 Å². The van der Waals surface area contributed by atoms with Crippen molar-refractivity contribution in [1.29, 1.82) is 0 Å². The number of fused-ring (bicyclic) bond motifs is 7. The van der Waals surface area contributed by atoms with Gasteiger partial charge in [0.1, 0.15) is 79.9 Å². The van der Waals surface area contributed by atoms with Gasteiger partial charge >= 0.3 is 17.9 Å². The van der Waals surface area contributed by atoms with Crippen LogP contribution in [0.1, 0.15) is 121 Å². The fourth-order valence-electron chi connectivity index (χ4n) is 16.3. The summed E-state index contributed by atoms with van der Waals surface area (Å²) < 4.78 is 48.6. The zero-order valence-corrected chi connectivity index (χ0v) is 47.9. The standard InChI is InChI=1S/C57H90O23/c1-12-24(3)47(71)73-23-57-27(20-52(5,6)45(44(57)68)80-48(72)25(4)13-2)26-14-15-31-54(9)18-17-32(53(7,8)30(54)16-19-55(31,10)56(26,11)42(66)43(57)67)76-51-41(79-50-37(64)35(62)33(60)28(21-58)74-50)39(38(65)40(78-51)46(69)70)77-49-36(63)34(61)29(22-59)75-49/h13-14,24,27-45,49-51,58-68H,12,15-23H2,1-11H3,(H,69,70)/b25-13-/t24?,27?,28?,29-,30?,31?,32-,33-,34?,35?,36-,37-,38-,39?,40?,41-,42-,43+,44-,45-,49-,50-,51+,54-,55+,56-,57-/m0/s1. The number of carboxylic acids is 1. The number of carbonyl (C=O) groups excluding carboxylic acids is 2. The van der Waals surface area contributed by atoms with E-state index in [2.05, 4.69) is 19.9 Å². The molecule has 3 aliphatic heterocycles. The van der Waals surface area contributed by atoms with E-state index in [0.717, 1.165) is 5.57 Å². The number of ether oxygens (including phenoxy) is 8. The molecule has 23 heteroatoms. The fourth-order valence-corrected chi connectivity index (χ4v) is 16.3. The van der Waals surface area contributed by atoms with Gasteiger partial charge in [-0.3, -0.25) is 4.79 Å². The summed E-state index contributed by atoms with van der Waals surface area (Å²) in [5.41, 5.74) is -4.55. The van der Waals surface area contributed by atoms with E-state index in [0.29, 0.717) is 50.5 Å². The fraction of sp³-hybridized carbons (Fsp3) is 0.877. The second-order valence-electron chi connectivity index (χ2n) is 26.4. The lowest BCUT2D eigenvalue weighted by Gasteiger charge is -2.73. The van der Waals surface area contributed by atoms with E-state index < -0.39 is 199 Å². The first kappa shape index (κ1) is 63.2. The van der Waals surface area contributed by atoms with Crippen LogP contribution in [-0.4, -0.2) is 216 Å². The zero-order valence-electron chi connectivity index (χ0n) is 47.9. The van der Waals surface area contributed by atoms with Crippen molar-refractivity contribution in [2.24, 2.45) is 56.2 Å². The van der Waals surface area contributed by atoms with Gasteiger partial charge in [0.25, 0.3) is 0 Å². The summed E-state index contributed by atoms with van der Waals surface area (Å²) in [6.07, 6.45) is -25.1. The second-order valence-corrected chi connectivity index (χ2v) is 26.4. The van der Waals surface area contributed by atoms with Crippen LogP contribution in [0.3, 0.4) is 0 Å². The molecule has 8 aliphatic rings. The van der Waals surface area contributed by atoms with Gasteiger partial charge in [-0.05, 0) is 92.8 Å². The number of hydrogen-bond acceptors (Lipinski definition) is 22. The molecule has 9 unspecified atom stereocenters. The van der Waals surface area contributed by atoms with Gasteiger partial charge in [-0.25, -0.2) is 9.59 Å². The van der Waals surface area contributed by atoms with Crippen molar-refractivity contribution >= 4 is 17.9 Å². The minimum Gasteiger partial charge on any atom is -0.479 e. The first-order valence-electron chi connectivity index (χ1n) is 28.5. The van der Waals surface area contributed by atoms with Gasteiger partial charge in [0, 0.05) is 16.4 Å². The topological polar surface area (TPSA) is 368 Å². The van der Waals surface area contributed by atoms with E-state index in [1.54, 1.807) is 26.8 Å². The Hall–Kier alpha value is -2.79. The van der Waals surface area contributed by atoms with Crippen molar-refractivity contribution in [2.75, 3.05) is 19.8 Å². The molecular formula is C57H90O23. The molecule has 23 nitrogen and oxygen atoms in total.